The first-order chi connectivity index (χ1) is 7.69. The smallest absolute Gasteiger partial charge is 0.260 e. The van der Waals surface area contributed by atoms with Gasteiger partial charge in [-0.2, -0.15) is 5.26 Å². The lowest BCUT2D eigenvalue weighted by Crippen LogP contribution is -1.89. The minimum atomic E-state index is 0.466. The number of aromatic nitrogens is 1. The molecule has 4 nitrogen and oxygen atoms in total. The molecule has 1 aromatic carbocycles. The Kier molecular flexibility index (Phi) is 2.84. The summed E-state index contributed by atoms with van der Waals surface area (Å²) in [5, 5.41) is 9.40. The zero-order valence-electron chi connectivity index (χ0n) is 8.60. The Bertz CT molecular complexity index is 557. The Morgan fingerprint density at radius 1 is 1.50 bits per heavy atom. The number of nitrogen functional groups attached to an aromatic ring is 1. The monoisotopic (exact) mass is 231 g/mol. The number of nitrogens with two attached hydrogens (primary N) is 1. The summed E-state index contributed by atoms with van der Waals surface area (Å²) in [6, 6.07) is 7.30. The second kappa shape index (κ2) is 4.29. The van der Waals surface area contributed by atoms with Crippen molar-refractivity contribution in [3.63, 3.8) is 0 Å². The van der Waals surface area contributed by atoms with Gasteiger partial charge in [0.05, 0.1) is 11.3 Å². The molecule has 0 saturated carbocycles. The number of nitriles is 1. The summed E-state index contributed by atoms with van der Waals surface area (Å²) in [6.07, 6.45) is 1.59. The van der Waals surface area contributed by atoms with E-state index < -0.39 is 0 Å². The third-order valence-electron chi connectivity index (χ3n) is 1.95. The Morgan fingerprint density at radius 2 is 2.31 bits per heavy atom. The maximum Gasteiger partial charge on any atom is 0.260 e. The van der Waals surface area contributed by atoms with E-state index in [-0.39, 0.29) is 0 Å². The third-order valence-corrected chi connectivity index (χ3v) is 2.80. The summed E-state index contributed by atoms with van der Waals surface area (Å²) in [4.78, 5) is 5.05. The molecule has 0 aliphatic carbocycles. The second-order valence-electron chi connectivity index (χ2n) is 3.22. The third kappa shape index (κ3) is 2.18. The lowest BCUT2D eigenvalue weighted by atomic mass is 10.2. The van der Waals surface area contributed by atoms with Crippen LogP contribution in [0.25, 0.3) is 0 Å². The van der Waals surface area contributed by atoms with Gasteiger partial charge in [0.2, 0.25) is 0 Å². The van der Waals surface area contributed by atoms with Gasteiger partial charge in [-0.1, -0.05) is 0 Å². The standard InChI is InChI=1S/C11H9N3OS/c1-7-6-15-11(14-7)16-9-2-3-10(13)8(4-9)5-12/h2-4,6H,13H2,1H3. The number of anilines is 1. The average molecular weight is 231 g/mol. The van der Waals surface area contributed by atoms with Crippen LogP contribution in [0.1, 0.15) is 11.3 Å². The van der Waals surface area contributed by atoms with E-state index in [2.05, 4.69) is 4.98 Å². The minimum Gasteiger partial charge on any atom is -0.439 e. The molecule has 0 aliphatic heterocycles. The first-order valence-corrected chi connectivity index (χ1v) is 5.40. The molecular formula is C11H9N3OS. The molecule has 0 aliphatic rings. The van der Waals surface area contributed by atoms with Crippen molar-refractivity contribution in [3.05, 3.63) is 35.7 Å². The molecule has 0 bridgehead atoms. The summed E-state index contributed by atoms with van der Waals surface area (Å²) in [5.41, 5.74) is 7.41. The molecule has 0 amide bonds. The van der Waals surface area contributed by atoms with E-state index in [0.29, 0.717) is 16.5 Å². The molecule has 1 aromatic heterocycles. The molecule has 2 rings (SSSR count). The summed E-state index contributed by atoms with van der Waals surface area (Å²) in [6.45, 7) is 1.86. The molecule has 2 N–H and O–H groups in total. The van der Waals surface area contributed by atoms with Gasteiger partial charge in [-0.15, -0.1) is 0 Å². The fraction of sp³-hybridized carbons (Fsp3) is 0.0909. The molecule has 80 valence electrons. The van der Waals surface area contributed by atoms with Gasteiger partial charge in [0.25, 0.3) is 5.22 Å². The predicted molar refractivity (Wildman–Crippen MR) is 60.9 cm³/mol. The lowest BCUT2D eigenvalue weighted by molar-refractivity contribution is 0.454. The van der Waals surface area contributed by atoms with Gasteiger partial charge in [-0.25, -0.2) is 4.98 Å². The van der Waals surface area contributed by atoms with Gasteiger partial charge >= 0.3 is 0 Å². The van der Waals surface area contributed by atoms with E-state index in [0.717, 1.165) is 10.6 Å². The average Bonchev–Trinajstić information content (AvgIpc) is 2.67. The van der Waals surface area contributed by atoms with Crippen LogP contribution in [0.2, 0.25) is 0 Å². The second-order valence-corrected chi connectivity index (χ2v) is 4.24. The van der Waals surface area contributed by atoms with E-state index >= 15 is 0 Å². The van der Waals surface area contributed by atoms with E-state index in [9.17, 15) is 0 Å². The molecule has 0 unspecified atom stereocenters. The summed E-state index contributed by atoms with van der Waals surface area (Å²) in [7, 11) is 0. The van der Waals surface area contributed by atoms with E-state index in [1.807, 2.05) is 19.1 Å². The first kappa shape index (κ1) is 10.6. The van der Waals surface area contributed by atoms with Gasteiger partial charge in [0.15, 0.2) is 0 Å². The highest BCUT2D eigenvalue weighted by atomic mass is 32.2. The summed E-state index contributed by atoms with van der Waals surface area (Å²) < 4.78 is 5.21. The Balaban J connectivity index is 2.26. The van der Waals surface area contributed by atoms with Crippen LogP contribution < -0.4 is 5.73 Å². The molecule has 1 heterocycles. The quantitative estimate of drug-likeness (QED) is 0.804. The predicted octanol–water partition coefficient (Wildman–Crippen LogP) is 2.59. The van der Waals surface area contributed by atoms with Crippen molar-refractivity contribution >= 4 is 17.4 Å². The first-order valence-electron chi connectivity index (χ1n) is 4.58. The van der Waals surface area contributed by atoms with Crippen LogP contribution in [-0.2, 0) is 0 Å². The molecule has 2 aromatic rings. The highest BCUT2D eigenvalue weighted by molar-refractivity contribution is 7.99. The molecule has 0 atom stereocenters. The van der Waals surface area contributed by atoms with Crippen LogP contribution in [0.15, 0.2) is 39.0 Å². The van der Waals surface area contributed by atoms with Gasteiger partial charge < -0.3 is 10.2 Å². The summed E-state index contributed by atoms with van der Waals surface area (Å²) >= 11 is 1.36. The van der Waals surface area contributed by atoms with E-state index in [1.54, 1.807) is 18.4 Å². The van der Waals surface area contributed by atoms with Crippen LogP contribution >= 0.6 is 11.8 Å². The number of oxazole rings is 1. The highest BCUT2D eigenvalue weighted by Gasteiger charge is 2.06. The Morgan fingerprint density at radius 3 is 2.94 bits per heavy atom. The van der Waals surface area contributed by atoms with Crippen LogP contribution in [0.3, 0.4) is 0 Å². The van der Waals surface area contributed by atoms with Crippen molar-refractivity contribution in [1.82, 2.24) is 4.98 Å². The highest BCUT2D eigenvalue weighted by Crippen LogP contribution is 2.28. The molecular weight excluding hydrogens is 222 g/mol. The van der Waals surface area contributed by atoms with Crippen LogP contribution in [-0.4, -0.2) is 4.98 Å². The van der Waals surface area contributed by atoms with Crippen molar-refractivity contribution in [3.8, 4) is 6.07 Å². The van der Waals surface area contributed by atoms with Crippen molar-refractivity contribution in [2.75, 3.05) is 5.73 Å². The largest absolute Gasteiger partial charge is 0.439 e. The number of aryl methyl sites for hydroxylation is 1. The number of nitrogens with zero attached hydrogens (tertiary/aromatic N) is 2. The molecule has 0 saturated heterocycles. The van der Waals surface area contributed by atoms with Crippen molar-refractivity contribution in [2.45, 2.75) is 17.0 Å². The van der Waals surface area contributed by atoms with Gasteiger partial charge in [-0.3, -0.25) is 0 Å². The van der Waals surface area contributed by atoms with Crippen LogP contribution in [0, 0.1) is 18.3 Å². The topological polar surface area (TPSA) is 75.8 Å². The Labute approximate surface area is 97.1 Å². The van der Waals surface area contributed by atoms with Crippen LogP contribution in [0.4, 0.5) is 5.69 Å². The lowest BCUT2D eigenvalue weighted by Gasteiger charge is -2.00. The number of benzene rings is 1. The number of hydrogen-bond donors (Lipinski definition) is 1. The van der Waals surface area contributed by atoms with Crippen molar-refractivity contribution in [2.24, 2.45) is 0 Å². The SMILES string of the molecule is Cc1coc(Sc2ccc(N)c(C#N)c2)n1. The van der Waals surface area contributed by atoms with E-state index in [4.69, 9.17) is 15.4 Å². The maximum atomic E-state index is 8.83. The van der Waals surface area contributed by atoms with Gasteiger partial charge in [-0.05, 0) is 36.9 Å². The Hall–Kier alpha value is -1.93. The molecule has 0 fully saturated rings. The van der Waals surface area contributed by atoms with Gasteiger partial charge in [0, 0.05) is 10.6 Å². The van der Waals surface area contributed by atoms with Crippen molar-refractivity contribution < 1.29 is 4.42 Å². The zero-order chi connectivity index (χ0) is 11.5. The maximum absolute atomic E-state index is 8.83. The summed E-state index contributed by atoms with van der Waals surface area (Å²) in [5.74, 6) is 0. The fourth-order valence-electron chi connectivity index (χ4n) is 1.18. The molecule has 16 heavy (non-hydrogen) atoms. The molecule has 0 spiro atoms. The number of rotatable bonds is 2. The molecule has 0 radical (unpaired) electrons. The van der Waals surface area contributed by atoms with Crippen molar-refractivity contribution in [1.29, 1.82) is 5.26 Å². The minimum absolute atomic E-state index is 0.466. The molecule has 5 heteroatoms. The number of hydrogen-bond acceptors (Lipinski definition) is 5. The van der Waals surface area contributed by atoms with Crippen LogP contribution in [0.5, 0.6) is 0 Å². The van der Waals surface area contributed by atoms with Gasteiger partial charge in [0.1, 0.15) is 12.3 Å². The normalized spacial score (nSPS) is 10.0. The fourth-order valence-corrected chi connectivity index (χ4v) is 1.98. The zero-order valence-corrected chi connectivity index (χ0v) is 9.41. The van der Waals surface area contributed by atoms with E-state index in [1.165, 1.54) is 11.8 Å².